The largest absolute Gasteiger partial charge is 0.423 e. The highest BCUT2D eigenvalue weighted by Crippen LogP contribution is 2.44. The average Bonchev–Trinajstić information content (AvgIpc) is 2.51. The summed E-state index contributed by atoms with van der Waals surface area (Å²) in [5.41, 5.74) is 0. The molecule has 0 bridgehead atoms. The van der Waals surface area contributed by atoms with E-state index in [1.165, 1.54) is 0 Å². The molecule has 0 saturated carbocycles. The van der Waals surface area contributed by atoms with Gasteiger partial charge in [-0.25, -0.2) is 0 Å². The number of aliphatic hydroxyl groups excluding tert-OH is 1. The maximum atomic E-state index is 11.8. The number of rotatable bonds is 9. The molecule has 0 spiro atoms. The molecular formula is C14H19ClO14. The maximum Gasteiger partial charge on any atom is 0.360 e. The lowest BCUT2D eigenvalue weighted by atomic mass is 9.88. The van der Waals surface area contributed by atoms with E-state index in [4.69, 9.17) is 11.6 Å². The Labute approximate surface area is 167 Å². The number of aliphatic hydroxyl groups is 5. The van der Waals surface area contributed by atoms with Crippen molar-refractivity contribution in [2.75, 3.05) is 6.61 Å². The van der Waals surface area contributed by atoms with Gasteiger partial charge in [0.2, 0.25) is 0 Å². The van der Waals surface area contributed by atoms with Crippen LogP contribution in [-0.2, 0) is 42.9 Å². The van der Waals surface area contributed by atoms with E-state index in [-0.39, 0.29) is 0 Å². The fourth-order valence-corrected chi connectivity index (χ4v) is 2.26. The number of ether oxygens (including phenoxy) is 4. The third-order valence-corrected chi connectivity index (χ3v) is 3.37. The summed E-state index contributed by atoms with van der Waals surface area (Å²) in [6.45, 7) is 0.347. The lowest BCUT2D eigenvalue weighted by molar-refractivity contribution is -0.492. The van der Waals surface area contributed by atoms with Crippen LogP contribution in [0, 0.1) is 0 Å². The van der Waals surface area contributed by atoms with Crippen LogP contribution < -0.4 is 0 Å². The van der Waals surface area contributed by atoms with Gasteiger partial charge in [0.1, 0.15) is 6.61 Å². The summed E-state index contributed by atoms with van der Waals surface area (Å²) >= 11 is 5.12. The van der Waals surface area contributed by atoms with Crippen LogP contribution in [0.25, 0.3) is 0 Å². The maximum absolute atomic E-state index is 11.8. The van der Waals surface area contributed by atoms with Crippen LogP contribution in [0.5, 0.6) is 0 Å². The third-order valence-electron chi connectivity index (χ3n) is 3.12. The zero-order valence-corrected chi connectivity index (χ0v) is 16.3. The van der Waals surface area contributed by atoms with Crippen LogP contribution in [0.3, 0.4) is 0 Å². The topological polar surface area (TPSA) is 223 Å². The molecule has 0 fully saturated rings. The van der Waals surface area contributed by atoms with E-state index in [0.29, 0.717) is 27.7 Å². The monoisotopic (exact) mass is 446 g/mol. The molecule has 0 aliphatic carbocycles. The Kier molecular flexibility index (Phi) is 8.25. The second-order valence-electron chi connectivity index (χ2n) is 5.52. The zero-order chi connectivity index (χ0) is 23.4. The molecule has 5 N–H and O–H groups in total. The van der Waals surface area contributed by atoms with E-state index in [0.717, 1.165) is 0 Å². The van der Waals surface area contributed by atoms with E-state index in [1.54, 1.807) is 0 Å². The number of esters is 4. The minimum absolute atomic E-state index is 0.524. The molecule has 0 aliphatic rings. The highest BCUT2D eigenvalue weighted by molar-refractivity contribution is 6.65. The minimum Gasteiger partial charge on any atom is -0.423 e. The summed E-state index contributed by atoms with van der Waals surface area (Å²) < 4.78 is 16.9. The number of carbonyl (C=O) groups excluding carboxylic acids is 5. The fourth-order valence-electron chi connectivity index (χ4n) is 2.09. The Morgan fingerprint density at radius 2 is 1.03 bits per heavy atom. The van der Waals surface area contributed by atoms with Gasteiger partial charge in [-0.1, -0.05) is 0 Å². The minimum atomic E-state index is -4.51. The summed E-state index contributed by atoms with van der Waals surface area (Å²) in [6, 6.07) is 0. The first-order valence-electron chi connectivity index (χ1n) is 7.41. The molecule has 4 atom stereocenters. The van der Waals surface area contributed by atoms with Crippen LogP contribution in [0.2, 0.25) is 0 Å². The molecule has 0 aromatic carbocycles. The first-order chi connectivity index (χ1) is 12.9. The van der Waals surface area contributed by atoms with E-state index < -0.39 is 58.9 Å². The fraction of sp³-hybridized carbons (Fsp3) is 0.643. The molecule has 0 aromatic rings. The second kappa shape index (κ2) is 8.98. The molecule has 0 rings (SSSR count). The van der Waals surface area contributed by atoms with Crippen molar-refractivity contribution in [1.29, 1.82) is 0 Å². The average molecular weight is 447 g/mol. The van der Waals surface area contributed by atoms with Crippen molar-refractivity contribution >= 4 is 40.7 Å². The van der Waals surface area contributed by atoms with Crippen LogP contribution in [-0.4, -0.2) is 84.4 Å². The molecule has 0 heterocycles. The van der Waals surface area contributed by atoms with Crippen molar-refractivity contribution in [2.45, 2.75) is 50.8 Å². The number of hydrogen-bond acceptors (Lipinski definition) is 14. The molecule has 0 radical (unpaired) electrons. The van der Waals surface area contributed by atoms with Gasteiger partial charge in [-0.2, -0.15) is 0 Å². The van der Waals surface area contributed by atoms with E-state index in [1.807, 2.05) is 0 Å². The number of carbonyl (C=O) groups is 5. The molecule has 0 aromatic heterocycles. The van der Waals surface area contributed by atoms with Gasteiger partial charge in [0.15, 0.2) is 0 Å². The highest BCUT2D eigenvalue weighted by atomic mass is 35.5. The molecule has 0 amide bonds. The first-order valence-corrected chi connectivity index (χ1v) is 7.78. The van der Waals surface area contributed by atoms with Gasteiger partial charge in [0.05, 0.1) is 0 Å². The van der Waals surface area contributed by atoms with Crippen molar-refractivity contribution in [3.05, 3.63) is 0 Å². The molecule has 166 valence electrons. The van der Waals surface area contributed by atoms with Gasteiger partial charge >= 0.3 is 52.3 Å². The lowest BCUT2D eigenvalue weighted by Gasteiger charge is -2.50. The second-order valence-corrected chi connectivity index (χ2v) is 5.87. The quantitative estimate of drug-likeness (QED) is 0.101. The summed E-state index contributed by atoms with van der Waals surface area (Å²) in [6.07, 6.45) is 0. The van der Waals surface area contributed by atoms with Crippen LogP contribution in [0.15, 0.2) is 0 Å². The summed E-state index contributed by atoms with van der Waals surface area (Å²) in [5.74, 6) is -23.4. The van der Waals surface area contributed by atoms with Crippen molar-refractivity contribution in [3.8, 4) is 0 Å². The van der Waals surface area contributed by atoms with Gasteiger partial charge in [0, 0.05) is 27.7 Å². The van der Waals surface area contributed by atoms with Crippen molar-refractivity contribution in [1.82, 2.24) is 0 Å². The van der Waals surface area contributed by atoms with Gasteiger partial charge < -0.3 is 44.5 Å². The summed E-state index contributed by atoms with van der Waals surface area (Å²) in [5, 5.41) is 49.6. The first kappa shape index (κ1) is 26.6. The predicted molar refractivity (Wildman–Crippen MR) is 84.8 cm³/mol. The van der Waals surface area contributed by atoms with E-state index >= 15 is 0 Å². The highest BCUT2D eigenvalue weighted by Gasteiger charge is 2.81. The summed E-state index contributed by atoms with van der Waals surface area (Å²) in [4.78, 5) is 57.4. The van der Waals surface area contributed by atoms with Crippen LogP contribution >= 0.6 is 11.6 Å². The van der Waals surface area contributed by atoms with Crippen LogP contribution in [0.4, 0.5) is 0 Å². The number of halogens is 1. The standard InChI is InChI=1S/C14H19ClO14/c1-6(17)26-11(22,5-16)13(24,28-8(3)19)14(25,29-9(4)20)12(23,10(15)21)27-7(2)18/h16,22-25H,5H2,1-4H3/t11-,12+,13-,14-/m0/s1. The SMILES string of the molecule is CC(=O)O[C@](O)([C@@](O)(OC(C)=O)[C@](O)(OC(C)=O)C(=O)Cl)[C@](O)(CO)OC(C)=O. The van der Waals surface area contributed by atoms with Gasteiger partial charge in [-0.15, -0.1) is 0 Å². The molecule has 0 unspecified atom stereocenters. The molecule has 14 nitrogen and oxygen atoms in total. The van der Waals surface area contributed by atoms with Gasteiger partial charge in [0.25, 0.3) is 0 Å². The van der Waals surface area contributed by atoms with E-state index in [9.17, 15) is 49.5 Å². The molecule has 15 heteroatoms. The number of hydrogen-bond donors (Lipinski definition) is 5. The molecular weight excluding hydrogens is 428 g/mol. The zero-order valence-electron chi connectivity index (χ0n) is 15.5. The Hall–Kier alpha value is -2.36. The Bertz CT molecular complexity index is 708. The normalized spacial score (nSPS) is 19.2. The van der Waals surface area contributed by atoms with Gasteiger partial charge in [-0.3, -0.25) is 24.0 Å². The third kappa shape index (κ3) is 4.98. The predicted octanol–water partition coefficient (Wildman–Crippen LogP) is -3.25. The van der Waals surface area contributed by atoms with Crippen molar-refractivity contribution in [2.24, 2.45) is 0 Å². The Morgan fingerprint density at radius 3 is 1.31 bits per heavy atom. The van der Waals surface area contributed by atoms with Crippen LogP contribution in [0.1, 0.15) is 27.7 Å². The lowest BCUT2D eigenvalue weighted by Crippen LogP contribution is -2.81. The van der Waals surface area contributed by atoms with Crippen molar-refractivity contribution < 1.29 is 68.5 Å². The summed E-state index contributed by atoms with van der Waals surface area (Å²) in [7, 11) is 0. The van der Waals surface area contributed by atoms with Gasteiger partial charge in [-0.05, 0) is 11.6 Å². The Morgan fingerprint density at radius 1 is 0.690 bits per heavy atom. The Balaban J connectivity index is 7.29. The van der Waals surface area contributed by atoms with E-state index in [2.05, 4.69) is 18.9 Å². The van der Waals surface area contributed by atoms with Crippen molar-refractivity contribution in [3.63, 3.8) is 0 Å². The molecule has 29 heavy (non-hydrogen) atoms. The molecule has 0 saturated heterocycles. The molecule has 0 aliphatic heterocycles. The smallest absolute Gasteiger partial charge is 0.360 e.